The average Bonchev–Trinajstić information content (AvgIpc) is 2.88. The van der Waals surface area contributed by atoms with E-state index < -0.39 is 10.0 Å². The normalized spacial score (nSPS) is 11.7. The van der Waals surface area contributed by atoms with Crippen molar-refractivity contribution in [2.24, 2.45) is 0 Å². The summed E-state index contributed by atoms with van der Waals surface area (Å²) in [5, 5.41) is 5.99. The molecule has 0 radical (unpaired) electrons. The Labute approximate surface area is 86.0 Å². The fourth-order valence-electron chi connectivity index (χ4n) is 1.02. The van der Waals surface area contributed by atoms with Gasteiger partial charge in [0.2, 0.25) is 0 Å². The van der Waals surface area contributed by atoms with Gasteiger partial charge >= 0.3 is 0 Å². The lowest BCUT2D eigenvalue weighted by molar-refractivity contribution is 0.576. The van der Waals surface area contributed by atoms with Crippen LogP contribution in [-0.2, 0) is 16.6 Å². The first-order valence-corrected chi connectivity index (χ1v) is 5.63. The van der Waals surface area contributed by atoms with Gasteiger partial charge in [0.05, 0.1) is 19.1 Å². The second-order valence-corrected chi connectivity index (χ2v) is 4.56. The van der Waals surface area contributed by atoms with E-state index in [4.69, 9.17) is 0 Å². The lowest BCUT2D eigenvalue weighted by atomic mass is 10.5. The number of aromatic nitrogens is 4. The zero-order valence-electron chi connectivity index (χ0n) is 7.64. The predicted molar refractivity (Wildman–Crippen MR) is 51.2 cm³/mol. The van der Waals surface area contributed by atoms with Crippen LogP contribution in [0.1, 0.15) is 5.69 Å². The Balaban J connectivity index is 2.06. The van der Waals surface area contributed by atoms with Gasteiger partial charge in [0.25, 0.3) is 10.0 Å². The molecule has 0 aromatic carbocycles. The first kappa shape index (κ1) is 9.87. The highest BCUT2D eigenvalue weighted by molar-refractivity contribution is 7.89. The van der Waals surface area contributed by atoms with Crippen LogP contribution >= 0.6 is 0 Å². The molecule has 2 aromatic heterocycles. The lowest BCUT2D eigenvalue weighted by Gasteiger charge is -2.01. The van der Waals surface area contributed by atoms with Gasteiger partial charge in [-0.2, -0.15) is 5.10 Å². The Morgan fingerprint density at radius 2 is 2.33 bits per heavy atom. The molecular formula is C7H9N5O2S. The third kappa shape index (κ3) is 2.22. The Bertz CT molecular complexity index is 502. The summed E-state index contributed by atoms with van der Waals surface area (Å²) in [7, 11) is -3.51. The number of imidazole rings is 1. The Morgan fingerprint density at radius 1 is 1.47 bits per heavy atom. The fourth-order valence-corrected chi connectivity index (χ4v) is 1.94. The number of nitrogens with one attached hydrogen (secondary N) is 3. The monoisotopic (exact) mass is 227 g/mol. The number of hydrogen-bond acceptors (Lipinski definition) is 4. The van der Waals surface area contributed by atoms with E-state index in [0.29, 0.717) is 5.69 Å². The van der Waals surface area contributed by atoms with E-state index in [2.05, 4.69) is 24.9 Å². The van der Waals surface area contributed by atoms with Crippen LogP contribution in [0.15, 0.2) is 29.8 Å². The summed E-state index contributed by atoms with van der Waals surface area (Å²) in [4.78, 5) is 6.57. The third-order valence-electron chi connectivity index (χ3n) is 1.77. The van der Waals surface area contributed by atoms with Gasteiger partial charge in [-0.3, -0.25) is 5.10 Å². The summed E-state index contributed by atoms with van der Waals surface area (Å²) >= 11 is 0. The van der Waals surface area contributed by atoms with Crippen molar-refractivity contribution in [3.8, 4) is 0 Å². The van der Waals surface area contributed by atoms with Gasteiger partial charge in [0.1, 0.15) is 0 Å². The SMILES string of the molecule is O=S(=O)(NCc1cnc[nH]1)c1ccn[nH]1. The van der Waals surface area contributed by atoms with E-state index in [-0.39, 0.29) is 11.6 Å². The second kappa shape index (κ2) is 3.83. The van der Waals surface area contributed by atoms with Crippen LogP contribution in [0.25, 0.3) is 0 Å². The molecule has 15 heavy (non-hydrogen) atoms. The molecule has 80 valence electrons. The zero-order valence-corrected chi connectivity index (χ0v) is 8.45. The van der Waals surface area contributed by atoms with E-state index in [1.807, 2.05) is 0 Å². The van der Waals surface area contributed by atoms with Crippen molar-refractivity contribution in [2.45, 2.75) is 11.6 Å². The van der Waals surface area contributed by atoms with Crippen LogP contribution in [0.3, 0.4) is 0 Å². The zero-order chi connectivity index (χ0) is 10.7. The van der Waals surface area contributed by atoms with E-state index in [1.165, 1.54) is 18.6 Å². The molecule has 0 spiro atoms. The molecule has 0 aliphatic carbocycles. The van der Waals surface area contributed by atoms with Gasteiger partial charge in [-0.1, -0.05) is 0 Å². The molecule has 0 bridgehead atoms. The van der Waals surface area contributed by atoms with Gasteiger partial charge in [0, 0.05) is 11.9 Å². The molecule has 3 N–H and O–H groups in total. The van der Waals surface area contributed by atoms with Crippen LogP contribution in [0.5, 0.6) is 0 Å². The first-order chi connectivity index (χ1) is 7.18. The highest BCUT2D eigenvalue weighted by atomic mass is 32.2. The topological polar surface area (TPSA) is 104 Å². The van der Waals surface area contributed by atoms with Crippen molar-refractivity contribution in [1.82, 2.24) is 24.9 Å². The lowest BCUT2D eigenvalue weighted by Crippen LogP contribution is -2.23. The van der Waals surface area contributed by atoms with Crippen molar-refractivity contribution < 1.29 is 8.42 Å². The molecule has 2 aromatic rings. The predicted octanol–water partition coefficient (Wildman–Crippen LogP) is -0.389. The number of aromatic amines is 2. The Morgan fingerprint density at radius 3 is 2.93 bits per heavy atom. The quantitative estimate of drug-likeness (QED) is 0.661. The minimum Gasteiger partial charge on any atom is -0.347 e. The molecule has 2 heterocycles. The molecule has 0 aliphatic rings. The minimum absolute atomic E-state index is 0.0435. The molecular weight excluding hydrogens is 218 g/mol. The summed E-state index contributed by atoms with van der Waals surface area (Å²) in [6, 6.07) is 1.38. The largest absolute Gasteiger partial charge is 0.347 e. The Hall–Kier alpha value is -1.67. The summed E-state index contributed by atoms with van der Waals surface area (Å²) < 4.78 is 25.5. The maximum Gasteiger partial charge on any atom is 0.257 e. The van der Waals surface area contributed by atoms with E-state index in [1.54, 1.807) is 6.20 Å². The standard InChI is InChI=1S/C7H9N5O2S/c13-15(14,7-1-2-10-12-7)11-4-6-3-8-5-9-6/h1-3,5,11H,4H2,(H,8,9)(H,10,12). The van der Waals surface area contributed by atoms with Crippen LogP contribution < -0.4 is 4.72 Å². The highest BCUT2D eigenvalue weighted by Gasteiger charge is 2.14. The van der Waals surface area contributed by atoms with Crippen molar-refractivity contribution in [2.75, 3.05) is 0 Å². The number of H-pyrrole nitrogens is 2. The summed E-state index contributed by atoms with van der Waals surface area (Å²) in [5.41, 5.74) is 0.693. The van der Waals surface area contributed by atoms with E-state index in [0.717, 1.165) is 0 Å². The number of nitrogens with zero attached hydrogens (tertiary/aromatic N) is 2. The van der Waals surface area contributed by atoms with E-state index >= 15 is 0 Å². The summed E-state index contributed by atoms with van der Waals surface area (Å²) in [6.07, 6.45) is 4.42. The number of sulfonamides is 1. The maximum atomic E-state index is 11.6. The average molecular weight is 227 g/mol. The smallest absolute Gasteiger partial charge is 0.257 e. The maximum absolute atomic E-state index is 11.6. The van der Waals surface area contributed by atoms with Crippen molar-refractivity contribution in [1.29, 1.82) is 0 Å². The first-order valence-electron chi connectivity index (χ1n) is 4.15. The van der Waals surface area contributed by atoms with Crippen molar-refractivity contribution >= 4 is 10.0 Å². The minimum atomic E-state index is -3.51. The highest BCUT2D eigenvalue weighted by Crippen LogP contribution is 2.03. The van der Waals surface area contributed by atoms with Crippen LogP contribution in [0, 0.1) is 0 Å². The molecule has 0 aliphatic heterocycles. The number of hydrogen-bond donors (Lipinski definition) is 3. The van der Waals surface area contributed by atoms with Crippen LogP contribution in [0.4, 0.5) is 0 Å². The second-order valence-electron chi connectivity index (χ2n) is 2.82. The molecule has 0 atom stereocenters. The molecule has 7 nitrogen and oxygen atoms in total. The number of rotatable bonds is 4. The third-order valence-corrected chi connectivity index (χ3v) is 3.10. The van der Waals surface area contributed by atoms with Crippen LogP contribution in [0.2, 0.25) is 0 Å². The molecule has 0 fully saturated rings. The molecule has 0 saturated heterocycles. The van der Waals surface area contributed by atoms with Crippen molar-refractivity contribution in [3.05, 3.63) is 30.5 Å². The molecule has 0 amide bonds. The summed E-state index contributed by atoms with van der Waals surface area (Å²) in [6.45, 7) is 0.168. The van der Waals surface area contributed by atoms with Crippen molar-refractivity contribution in [3.63, 3.8) is 0 Å². The van der Waals surface area contributed by atoms with Gasteiger partial charge in [-0.25, -0.2) is 18.1 Å². The van der Waals surface area contributed by atoms with Gasteiger partial charge in [-0.15, -0.1) is 0 Å². The Kier molecular flexibility index (Phi) is 2.52. The van der Waals surface area contributed by atoms with Gasteiger partial charge < -0.3 is 4.98 Å². The fraction of sp³-hybridized carbons (Fsp3) is 0.143. The molecule has 2 rings (SSSR count). The molecule has 8 heteroatoms. The summed E-state index contributed by atoms with van der Waals surface area (Å²) in [5.74, 6) is 0. The molecule has 0 saturated carbocycles. The van der Waals surface area contributed by atoms with Gasteiger partial charge in [-0.05, 0) is 6.07 Å². The van der Waals surface area contributed by atoms with Crippen LogP contribution in [-0.4, -0.2) is 28.6 Å². The molecule has 0 unspecified atom stereocenters. The van der Waals surface area contributed by atoms with Gasteiger partial charge in [0.15, 0.2) is 5.03 Å². The van der Waals surface area contributed by atoms with E-state index in [9.17, 15) is 8.42 Å².